The van der Waals surface area contributed by atoms with Gasteiger partial charge in [-0.15, -0.1) is 0 Å². The minimum absolute atomic E-state index is 0.294. The Balaban J connectivity index is 2.26. The Morgan fingerprint density at radius 1 is 1.32 bits per heavy atom. The number of nitrogens with one attached hydrogen (secondary N) is 1. The number of nitrogens with zero attached hydrogens (tertiary/aromatic N) is 3. The minimum atomic E-state index is 0.294. The maximum absolute atomic E-state index is 4.50. The fourth-order valence-electron chi connectivity index (χ4n) is 2.63. The van der Waals surface area contributed by atoms with E-state index < -0.39 is 0 Å². The van der Waals surface area contributed by atoms with Gasteiger partial charge in [-0.3, -0.25) is 0 Å². The first-order valence-electron chi connectivity index (χ1n) is 7.10. The van der Waals surface area contributed by atoms with Crippen molar-refractivity contribution in [1.29, 1.82) is 0 Å². The lowest BCUT2D eigenvalue weighted by molar-refractivity contribution is 0.449. The van der Waals surface area contributed by atoms with Gasteiger partial charge in [0.2, 0.25) is 0 Å². The summed E-state index contributed by atoms with van der Waals surface area (Å²) in [5.41, 5.74) is 4.32. The smallest absolute Gasteiger partial charge is 0.155 e. The summed E-state index contributed by atoms with van der Waals surface area (Å²) >= 11 is 0. The van der Waals surface area contributed by atoms with Gasteiger partial charge in [-0.25, -0.2) is 9.50 Å². The van der Waals surface area contributed by atoms with Gasteiger partial charge in [-0.2, -0.15) is 5.10 Å². The topological polar surface area (TPSA) is 42.2 Å². The van der Waals surface area contributed by atoms with Gasteiger partial charge in [0.25, 0.3) is 0 Å². The highest BCUT2D eigenvalue weighted by molar-refractivity contribution is 5.42. The maximum atomic E-state index is 4.50. The van der Waals surface area contributed by atoms with E-state index in [1.807, 2.05) is 23.7 Å². The highest BCUT2D eigenvalue weighted by atomic mass is 15.3. The van der Waals surface area contributed by atoms with Crippen LogP contribution in [-0.4, -0.2) is 20.6 Å². The Kier molecular flexibility index (Phi) is 4.20. The molecule has 0 radical (unpaired) electrons. The molecule has 2 atom stereocenters. The predicted octanol–water partition coefficient (Wildman–Crippen LogP) is 3.19. The van der Waals surface area contributed by atoms with Crippen molar-refractivity contribution in [3.8, 4) is 0 Å². The van der Waals surface area contributed by atoms with Crippen LogP contribution < -0.4 is 5.32 Å². The van der Waals surface area contributed by atoms with Gasteiger partial charge in [0.1, 0.15) is 0 Å². The molecule has 0 fully saturated rings. The Hall–Kier alpha value is -1.42. The van der Waals surface area contributed by atoms with Crippen LogP contribution in [-0.2, 0) is 0 Å². The lowest BCUT2D eigenvalue weighted by Gasteiger charge is -2.21. The van der Waals surface area contributed by atoms with Crippen molar-refractivity contribution in [1.82, 2.24) is 19.9 Å². The van der Waals surface area contributed by atoms with Gasteiger partial charge in [-0.1, -0.05) is 13.3 Å². The molecule has 4 heteroatoms. The Labute approximate surface area is 115 Å². The number of hydrogen-bond donors (Lipinski definition) is 1. The molecule has 104 valence electrons. The van der Waals surface area contributed by atoms with Gasteiger partial charge in [0, 0.05) is 35.6 Å². The zero-order valence-electron chi connectivity index (χ0n) is 12.6. The molecule has 0 spiro atoms. The van der Waals surface area contributed by atoms with E-state index in [4.69, 9.17) is 0 Å². The second-order valence-electron chi connectivity index (χ2n) is 5.43. The zero-order valence-corrected chi connectivity index (χ0v) is 12.6. The molecular formula is C15H24N4. The van der Waals surface area contributed by atoms with Crippen LogP contribution in [0.3, 0.4) is 0 Å². The van der Waals surface area contributed by atoms with E-state index in [-0.39, 0.29) is 0 Å². The monoisotopic (exact) mass is 260 g/mol. The van der Waals surface area contributed by atoms with Crippen LogP contribution in [0.4, 0.5) is 0 Å². The second-order valence-corrected chi connectivity index (χ2v) is 5.43. The molecule has 19 heavy (non-hydrogen) atoms. The first kappa shape index (κ1) is 14.0. The van der Waals surface area contributed by atoms with E-state index in [0.717, 1.165) is 11.3 Å². The van der Waals surface area contributed by atoms with E-state index >= 15 is 0 Å². The zero-order chi connectivity index (χ0) is 14.0. The van der Waals surface area contributed by atoms with E-state index in [9.17, 15) is 0 Å². The van der Waals surface area contributed by atoms with Crippen molar-refractivity contribution < 1.29 is 0 Å². The molecule has 4 nitrogen and oxygen atoms in total. The summed E-state index contributed by atoms with van der Waals surface area (Å²) in [6.07, 6.45) is 4.37. The number of rotatable bonds is 5. The first-order chi connectivity index (χ1) is 9.02. The molecule has 0 saturated heterocycles. The van der Waals surface area contributed by atoms with Crippen molar-refractivity contribution in [2.75, 3.05) is 0 Å². The van der Waals surface area contributed by atoms with Gasteiger partial charge in [0.05, 0.1) is 5.69 Å². The number of hydrogen-bond acceptors (Lipinski definition) is 3. The molecule has 0 saturated carbocycles. The second kappa shape index (κ2) is 5.70. The summed E-state index contributed by atoms with van der Waals surface area (Å²) in [5, 5.41) is 8.13. The van der Waals surface area contributed by atoms with Crippen molar-refractivity contribution in [2.24, 2.45) is 0 Å². The van der Waals surface area contributed by atoms with Crippen LogP contribution in [0.25, 0.3) is 5.65 Å². The average molecular weight is 260 g/mol. The van der Waals surface area contributed by atoms with E-state index in [0.29, 0.717) is 12.1 Å². The van der Waals surface area contributed by atoms with Gasteiger partial charge in [0.15, 0.2) is 5.65 Å². The standard InChI is InChI=1S/C15H24N4/c1-6-7-10(2)17-12(4)14-9-16-15-8-11(3)18-19(15)13(14)5/h8-10,12,17H,6-7H2,1-5H3. The normalized spacial score (nSPS) is 14.8. The summed E-state index contributed by atoms with van der Waals surface area (Å²) in [6, 6.07) is 2.83. The molecular weight excluding hydrogens is 236 g/mol. The Morgan fingerprint density at radius 2 is 2.05 bits per heavy atom. The van der Waals surface area contributed by atoms with Gasteiger partial charge < -0.3 is 5.32 Å². The highest BCUT2D eigenvalue weighted by Crippen LogP contribution is 2.19. The van der Waals surface area contributed by atoms with Gasteiger partial charge >= 0.3 is 0 Å². The highest BCUT2D eigenvalue weighted by Gasteiger charge is 2.14. The molecule has 2 rings (SSSR count). The van der Waals surface area contributed by atoms with Crippen molar-refractivity contribution in [3.63, 3.8) is 0 Å². The molecule has 0 bridgehead atoms. The minimum Gasteiger partial charge on any atom is -0.308 e. The van der Waals surface area contributed by atoms with E-state index in [1.54, 1.807) is 0 Å². The molecule has 0 aliphatic heterocycles. The maximum Gasteiger partial charge on any atom is 0.155 e. The Bertz CT molecular complexity index is 559. The van der Waals surface area contributed by atoms with Crippen molar-refractivity contribution >= 4 is 5.65 Å². The molecule has 0 aliphatic rings. The quantitative estimate of drug-likeness (QED) is 0.897. The fourth-order valence-corrected chi connectivity index (χ4v) is 2.63. The van der Waals surface area contributed by atoms with Gasteiger partial charge in [-0.05, 0) is 34.1 Å². The molecule has 2 aromatic rings. The number of aryl methyl sites for hydroxylation is 2. The van der Waals surface area contributed by atoms with Crippen LogP contribution in [0, 0.1) is 13.8 Å². The number of fused-ring (bicyclic) bond motifs is 1. The van der Waals surface area contributed by atoms with Crippen LogP contribution in [0.5, 0.6) is 0 Å². The lowest BCUT2D eigenvalue weighted by atomic mass is 10.1. The van der Waals surface area contributed by atoms with Crippen LogP contribution in [0.1, 0.15) is 56.6 Å². The molecule has 0 aliphatic carbocycles. The van der Waals surface area contributed by atoms with E-state index in [1.165, 1.54) is 24.1 Å². The number of aromatic nitrogens is 3. The summed E-state index contributed by atoms with van der Waals surface area (Å²) in [6.45, 7) is 10.8. The summed E-state index contributed by atoms with van der Waals surface area (Å²) in [5.74, 6) is 0. The summed E-state index contributed by atoms with van der Waals surface area (Å²) in [7, 11) is 0. The summed E-state index contributed by atoms with van der Waals surface area (Å²) < 4.78 is 1.94. The van der Waals surface area contributed by atoms with Crippen molar-refractivity contribution in [2.45, 2.75) is 59.5 Å². The average Bonchev–Trinajstić information content (AvgIpc) is 2.71. The van der Waals surface area contributed by atoms with Crippen molar-refractivity contribution in [3.05, 3.63) is 29.2 Å². The lowest BCUT2D eigenvalue weighted by Crippen LogP contribution is -2.29. The summed E-state index contributed by atoms with van der Waals surface area (Å²) in [4.78, 5) is 4.50. The molecule has 2 heterocycles. The Morgan fingerprint density at radius 3 is 2.74 bits per heavy atom. The third kappa shape index (κ3) is 2.95. The largest absolute Gasteiger partial charge is 0.308 e. The molecule has 1 N–H and O–H groups in total. The van der Waals surface area contributed by atoms with Crippen LogP contribution >= 0.6 is 0 Å². The third-order valence-electron chi connectivity index (χ3n) is 3.61. The van der Waals surface area contributed by atoms with Crippen LogP contribution in [0.15, 0.2) is 12.3 Å². The van der Waals surface area contributed by atoms with Crippen LogP contribution in [0.2, 0.25) is 0 Å². The molecule has 2 aromatic heterocycles. The SMILES string of the molecule is CCCC(C)NC(C)c1cnc2cc(C)nn2c1C. The first-order valence-corrected chi connectivity index (χ1v) is 7.10. The molecule has 2 unspecified atom stereocenters. The van der Waals surface area contributed by atoms with E-state index in [2.05, 4.69) is 43.1 Å². The third-order valence-corrected chi connectivity index (χ3v) is 3.61. The predicted molar refractivity (Wildman–Crippen MR) is 78.4 cm³/mol. The molecule has 0 amide bonds. The fraction of sp³-hybridized carbons (Fsp3) is 0.600. The molecule has 0 aromatic carbocycles.